The molecule has 0 bridgehead atoms. The lowest BCUT2D eigenvalue weighted by molar-refractivity contribution is 0.0482. The maximum Gasteiger partial charge on any atom is 0.0510 e. The predicted molar refractivity (Wildman–Crippen MR) is 205 cm³/mol. The van der Waals surface area contributed by atoms with Crippen LogP contribution >= 0.6 is 0 Å². The quantitative estimate of drug-likeness (QED) is 0.0515. The first-order valence-electron chi connectivity index (χ1n) is 20.2. The van der Waals surface area contributed by atoms with E-state index in [1.165, 1.54) is 141 Å². The Kier molecular flexibility index (Phi) is 32.8. The molecule has 0 radical (unpaired) electrons. The topological polar surface area (TPSA) is 21.7 Å². The number of ether oxygens (including phenoxy) is 2. The highest BCUT2D eigenvalue weighted by Gasteiger charge is 2.30. The van der Waals surface area contributed by atoms with Crippen molar-refractivity contribution in [3.05, 3.63) is 48.6 Å². The van der Waals surface area contributed by atoms with Crippen molar-refractivity contribution in [2.75, 3.05) is 46.6 Å². The van der Waals surface area contributed by atoms with E-state index in [-0.39, 0.29) is 0 Å². The van der Waals surface area contributed by atoms with Crippen LogP contribution in [-0.2, 0) is 9.47 Å². The molecule has 0 N–H and O–H groups in total. The van der Waals surface area contributed by atoms with E-state index in [0.29, 0.717) is 11.8 Å². The Bertz CT molecular complexity index is 666. The summed E-state index contributed by atoms with van der Waals surface area (Å²) in [5, 5.41) is 0. The number of allylic oxidation sites excluding steroid dienone is 8. The fraction of sp³-hybridized carbons (Fsp3) is 0.814. The Morgan fingerprint density at radius 2 is 0.761 bits per heavy atom. The first kappa shape index (κ1) is 42.9. The molecule has 0 spiro atoms. The monoisotopic (exact) mass is 642 g/mol. The van der Waals surface area contributed by atoms with Crippen molar-refractivity contribution in [3.8, 4) is 0 Å². The van der Waals surface area contributed by atoms with Crippen LogP contribution in [0.2, 0.25) is 0 Å². The second-order valence-electron chi connectivity index (χ2n) is 14.1. The molecule has 268 valence electrons. The van der Waals surface area contributed by atoms with Crippen molar-refractivity contribution in [2.24, 2.45) is 11.8 Å². The lowest BCUT2D eigenvalue weighted by Gasteiger charge is -2.18. The van der Waals surface area contributed by atoms with Gasteiger partial charge in [0.1, 0.15) is 0 Å². The maximum absolute atomic E-state index is 6.15. The summed E-state index contributed by atoms with van der Waals surface area (Å²) in [4.78, 5) is 2.46. The highest BCUT2D eigenvalue weighted by Crippen LogP contribution is 2.23. The van der Waals surface area contributed by atoms with Gasteiger partial charge in [0.25, 0.3) is 0 Å². The van der Waals surface area contributed by atoms with E-state index >= 15 is 0 Å². The summed E-state index contributed by atoms with van der Waals surface area (Å²) < 4.78 is 12.3. The van der Waals surface area contributed by atoms with Gasteiger partial charge in [-0.05, 0) is 84.1 Å². The molecule has 0 unspecified atom stereocenters. The average Bonchev–Trinajstić information content (AvgIpc) is 3.42. The van der Waals surface area contributed by atoms with Crippen LogP contribution in [0.1, 0.15) is 168 Å². The largest absolute Gasteiger partial charge is 0.381 e. The minimum absolute atomic E-state index is 0.630. The lowest BCUT2D eigenvalue weighted by atomic mass is 9.98. The van der Waals surface area contributed by atoms with E-state index in [4.69, 9.17) is 9.47 Å². The highest BCUT2D eigenvalue weighted by molar-refractivity contribution is 4.93. The third-order valence-corrected chi connectivity index (χ3v) is 9.40. The van der Waals surface area contributed by atoms with Gasteiger partial charge in [0.05, 0.1) is 13.2 Å². The summed E-state index contributed by atoms with van der Waals surface area (Å²) in [7, 11) is 2.25. The molecule has 1 saturated heterocycles. The number of hydrogen-bond acceptors (Lipinski definition) is 3. The second-order valence-corrected chi connectivity index (χ2v) is 14.1. The molecule has 1 rings (SSSR count). The van der Waals surface area contributed by atoms with Gasteiger partial charge in [-0.25, -0.2) is 0 Å². The molecule has 0 aromatic heterocycles. The van der Waals surface area contributed by atoms with Gasteiger partial charge in [-0.2, -0.15) is 0 Å². The lowest BCUT2D eigenvalue weighted by Crippen LogP contribution is -2.23. The van der Waals surface area contributed by atoms with Gasteiger partial charge in [0.2, 0.25) is 0 Å². The van der Waals surface area contributed by atoms with Crippen molar-refractivity contribution < 1.29 is 9.47 Å². The number of rotatable bonds is 34. The molecule has 0 aliphatic carbocycles. The normalized spacial score (nSPS) is 17.7. The van der Waals surface area contributed by atoms with E-state index in [1.807, 2.05) is 0 Å². The fourth-order valence-corrected chi connectivity index (χ4v) is 6.40. The van der Waals surface area contributed by atoms with Gasteiger partial charge >= 0.3 is 0 Å². The second kappa shape index (κ2) is 35.2. The van der Waals surface area contributed by atoms with Crippen LogP contribution in [0, 0.1) is 11.8 Å². The van der Waals surface area contributed by atoms with Gasteiger partial charge in [-0.15, -0.1) is 0 Å². The Morgan fingerprint density at radius 1 is 0.435 bits per heavy atom. The van der Waals surface area contributed by atoms with Crippen LogP contribution in [-0.4, -0.2) is 51.5 Å². The van der Waals surface area contributed by atoms with Crippen LogP contribution in [0.5, 0.6) is 0 Å². The number of unbranched alkanes of at least 4 members (excludes halogenated alkanes) is 18. The van der Waals surface area contributed by atoms with Gasteiger partial charge in [-0.1, -0.05) is 140 Å². The van der Waals surface area contributed by atoms with Crippen LogP contribution < -0.4 is 0 Å². The van der Waals surface area contributed by atoms with Crippen molar-refractivity contribution in [3.63, 3.8) is 0 Å². The van der Waals surface area contributed by atoms with Crippen molar-refractivity contribution in [2.45, 2.75) is 168 Å². The highest BCUT2D eigenvalue weighted by atomic mass is 16.5. The number of nitrogens with zero attached hydrogens (tertiary/aromatic N) is 1. The summed E-state index contributed by atoms with van der Waals surface area (Å²) in [6.07, 6.45) is 49.9. The molecular weight excluding hydrogens is 562 g/mol. The molecular formula is C43H79NO2. The van der Waals surface area contributed by atoms with Gasteiger partial charge in [0, 0.05) is 38.1 Å². The van der Waals surface area contributed by atoms with Crippen LogP contribution in [0.3, 0.4) is 0 Å². The van der Waals surface area contributed by atoms with Crippen LogP contribution in [0.4, 0.5) is 0 Å². The third-order valence-electron chi connectivity index (χ3n) is 9.40. The zero-order valence-corrected chi connectivity index (χ0v) is 31.3. The molecule has 0 aromatic rings. The average molecular weight is 642 g/mol. The first-order chi connectivity index (χ1) is 22.8. The van der Waals surface area contributed by atoms with E-state index in [2.05, 4.69) is 74.4 Å². The summed E-state index contributed by atoms with van der Waals surface area (Å²) in [5.74, 6) is 1.26. The Labute approximate surface area is 288 Å². The first-order valence-corrected chi connectivity index (χ1v) is 20.2. The molecule has 0 amide bonds. The number of hydrogen-bond donors (Lipinski definition) is 0. The van der Waals surface area contributed by atoms with E-state index in [9.17, 15) is 0 Å². The summed E-state index contributed by atoms with van der Waals surface area (Å²) in [5.41, 5.74) is 0. The van der Waals surface area contributed by atoms with E-state index in [0.717, 1.165) is 52.4 Å². The summed E-state index contributed by atoms with van der Waals surface area (Å²) in [6, 6.07) is 0. The Morgan fingerprint density at radius 3 is 1.13 bits per heavy atom. The van der Waals surface area contributed by atoms with Crippen molar-refractivity contribution in [1.82, 2.24) is 4.90 Å². The fourth-order valence-electron chi connectivity index (χ4n) is 6.40. The smallest absolute Gasteiger partial charge is 0.0510 e. The predicted octanol–water partition coefficient (Wildman–Crippen LogP) is 12.8. The Balaban J connectivity index is 1.88. The minimum atomic E-state index is 0.630. The molecule has 0 saturated carbocycles. The van der Waals surface area contributed by atoms with Crippen molar-refractivity contribution >= 4 is 0 Å². The third kappa shape index (κ3) is 29.0. The van der Waals surface area contributed by atoms with Crippen LogP contribution in [0.15, 0.2) is 48.6 Å². The summed E-state index contributed by atoms with van der Waals surface area (Å²) in [6.45, 7) is 10.5. The zero-order chi connectivity index (χ0) is 33.0. The van der Waals surface area contributed by atoms with E-state index < -0.39 is 0 Å². The molecule has 0 aromatic carbocycles. The zero-order valence-electron chi connectivity index (χ0n) is 31.3. The van der Waals surface area contributed by atoms with E-state index in [1.54, 1.807) is 0 Å². The Hall–Kier alpha value is -1.16. The number of likely N-dealkylation sites (tertiary alicyclic amines) is 1. The molecule has 46 heavy (non-hydrogen) atoms. The van der Waals surface area contributed by atoms with Crippen molar-refractivity contribution in [1.29, 1.82) is 0 Å². The van der Waals surface area contributed by atoms with Crippen LogP contribution in [0.25, 0.3) is 0 Å². The minimum Gasteiger partial charge on any atom is -0.381 e. The molecule has 1 fully saturated rings. The molecule has 3 nitrogen and oxygen atoms in total. The maximum atomic E-state index is 6.15. The molecule has 1 aliphatic rings. The SMILES string of the molecule is CCCCCC=CCC=CCCCCCCCCOC[C@@H]1CN(C)C[C@H]1COCCCCCCCCC=CCC=CCCCCC. The van der Waals surface area contributed by atoms with Gasteiger partial charge in [-0.3, -0.25) is 0 Å². The molecule has 1 aliphatic heterocycles. The molecule has 3 heteroatoms. The molecule has 2 atom stereocenters. The van der Waals surface area contributed by atoms with Gasteiger partial charge < -0.3 is 14.4 Å². The molecule has 1 heterocycles. The summed E-state index contributed by atoms with van der Waals surface area (Å²) >= 11 is 0. The standard InChI is InChI=1S/C43H79NO2/c1-4-6-8-10-12-14-16-18-20-22-24-26-28-30-32-34-36-45-40-42-38-44(3)39-43(42)41-46-37-35-33-31-29-27-25-23-21-19-17-15-13-11-9-7-5-2/h12-15,18-21,42-43H,4-11,16-17,22-41H2,1-3H3/t42-,43-/m0/s1. The van der Waals surface area contributed by atoms with Gasteiger partial charge in [0.15, 0.2) is 0 Å².